The van der Waals surface area contributed by atoms with E-state index in [-0.39, 0.29) is 18.2 Å². The lowest BCUT2D eigenvalue weighted by Gasteiger charge is -2.39. The molecule has 3 atom stereocenters. The molecule has 0 amide bonds. The monoisotopic (exact) mass is 249 g/mol. The Morgan fingerprint density at radius 3 is 2.56 bits per heavy atom. The topological polar surface area (TPSA) is 51.4 Å². The van der Waals surface area contributed by atoms with E-state index in [4.69, 9.17) is 10.5 Å². The average Bonchev–Trinajstić information content (AvgIpc) is 2.31. The molecule has 0 radical (unpaired) electrons. The Balaban J connectivity index is 2.14. The molecule has 1 fully saturated rings. The fourth-order valence-corrected chi connectivity index (χ4v) is 2.64. The molecule has 0 saturated carbocycles. The van der Waals surface area contributed by atoms with Crippen LogP contribution >= 0.6 is 0 Å². The van der Waals surface area contributed by atoms with Crippen molar-refractivity contribution in [2.45, 2.75) is 39.0 Å². The largest absolute Gasteiger partial charge is 0.373 e. The SMILES string of the molecule is Cc1ccc(C(CN)N2C[C@@H](C)O[C@@H](C)C2)cn1. The number of hydrogen-bond donors (Lipinski definition) is 1. The number of aromatic nitrogens is 1. The van der Waals surface area contributed by atoms with Crippen molar-refractivity contribution in [3.63, 3.8) is 0 Å². The van der Waals surface area contributed by atoms with Crippen LogP contribution in [0.15, 0.2) is 18.3 Å². The summed E-state index contributed by atoms with van der Waals surface area (Å²) >= 11 is 0. The van der Waals surface area contributed by atoms with Gasteiger partial charge < -0.3 is 10.5 Å². The van der Waals surface area contributed by atoms with Crippen LogP contribution in [-0.4, -0.2) is 41.7 Å². The van der Waals surface area contributed by atoms with Crippen LogP contribution in [0.3, 0.4) is 0 Å². The summed E-state index contributed by atoms with van der Waals surface area (Å²) in [4.78, 5) is 6.78. The normalized spacial score (nSPS) is 27.1. The number of pyridine rings is 1. The maximum atomic E-state index is 5.95. The molecule has 2 heterocycles. The number of nitrogens with two attached hydrogens (primary N) is 1. The maximum Gasteiger partial charge on any atom is 0.0678 e. The minimum atomic E-state index is 0.242. The summed E-state index contributed by atoms with van der Waals surface area (Å²) in [7, 11) is 0. The third kappa shape index (κ3) is 3.07. The lowest BCUT2D eigenvalue weighted by molar-refractivity contribution is -0.0799. The van der Waals surface area contributed by atoms with E-state index in [2.05, 4.69) is 29.8 Å². The molecule has 18 heavy (non-hydrogen) atoms. The van der Waals surface area contributed by atoms with Crippen LogP contribution in [0.5, 0.6) is 0 Å². The zero-order chi connectivity index (χ0) is 13.1. The van der Waals surface area contributed by atoms with Gasteiger partial charge in [-0.05, 0) is 32.4 Å². The van der Waals surface area contributed by atoms with E-state index < -0.39 is 0 Å². The molecular formula is C14H23N3O. The fourth-order valence-electron chi connectivity index (χ4n) is 2.64. The lowest BCUT2D eigenvalue weighted by atomic mass is 10.0. The fraction of sp³-hybridized carbons (Fsp3) is 0.643. The number of morpholine rings is 1. The first-order valence-corrected chi connectivity index (χ1v) is 6.62. The molecule has 1 aliphatic heterocycles. The Morgan fingerprint density at radius 2 is 2.06 bits per heavy atom. The molecule has 1 aliphatic rings. The Morgan fingerprint density at radius 1 is 1.39 bits per heavy atom. The second-order valence-electron chi connectivity index (χ2n) is 5.20. The zero-order valence-electron chi connectivity index (χ0n) is 11.5. The van der Waals surface area contributed by atoms with Gasteiger partial charge in [-0.2, -0.15) is 0 Å². The predicted octanol–water partition coefficient (Wildman–Crippen LogP) is 1.50. The van der Waals surface area contributed by atoms with E-state index in [1.54, 1.807) is 0 Å². The van der Waals surface area contributed by atoms with Crippen LogP contribution in [0, 0.1) is 6.92 Å². The first kappa shape index (κ1) is 13.5. The van der Waals surface area contributed by atoms with Crippen molar-refractivity contribution in [1.29, 1.82) is 0 Å². The van der Waals surface area contributed by atoms with Gasteiger partial charge in [-0.1, -0.05) is 6.07 Å². The zero-order valence-corrected chi connectivity index (χ0v) is 11.5. The number of rotatable bonds is 3. The summed E-state index contributed by atoms with van der Waals surface area (Å²) in [6.07, 6.45) is 2.47. The second kappa shape index (κ2) is 5.78. The van der Waals surface area contributed by atoms with E-state index in [0.717, 1.165) is 18.8 Å². The van der Waals surface area contributed by atoms with Gasteiger partial charge in [0, 0.05) is 37.6 Å². The average molecular weight is 249 g/mol. The van der Waals surface area contributed by atoms with Gasteiger partial charge in [0.15, 0.2) is 0 Å². The van der Waals surface area contributed by atoms with E-state index in [1.807, 2.05) is 19.2 Å². The Labute approximate surface area is 109 Å². The van der Waals surface area contributed by atoms with Gasteiger partial charge in [0.25, 0.3) is 0 Å². The van der Waals surface area contributed by atoms with E-state index in [1.165, 1.54) is 5.56 Å². The van der Waals surface area contributed by atoms with Crippen molar-refractivity contribution >= 4 is 0 Å². The molecule has 100 valence electrons. The van der Waals surface area contributed by atoms with Crippen LogP contribution in [0.4, 0.5) is 0 Å². The summed E-state index contributed by atoms with van der Waals surface area (Å²) in [5, 5.41) is 0. The smallest absolute Gasteiger partial charge is 0.0678 e. The molecule has 0 aromatic carbocycles. The van der Waals surface area contributed by atoms with Gasteiger partial charge in [0.2, 0.25) is 0 Å². The van der Waals surface area contributed by atoms with Crippen LogP contribution in [0.2, 0.25) is 0 Å². The second-order valence-corrected chi connectivity index (χ2v) is 5.20. The van der Waals surface area contributed by atoms with Crippen molar-refractivity contribution in [3.8, 4) is 0 Å². The van der Waals surface area contributed by atoms with E-state index in [0.29, 0.717) is 6.54 Å². The third-order valence-corrected chi connectivity index (χ3v) is 3.43. The molecule has 1 saturated heterocycles. The quantitative estimate of drug-likeness (QED) is 0.882. The van der Waals surface area contributed by atoms with Crippen molar-refractivity contribution in [1.82, 2.24) is 9.88 Å². The van der Waals surface area contributed by atoms with Crippen molar-refractivity contribution in [3.05, 3.63) is 29.6 Å². The molecule has 2 N–H and O–H groups in total. The molecule has 0 spiro atoms. The summed E-state index contributed by atoms with van der Waals surface area (Å²) in [5.41, 5.74) is 8.19. The highest BCUT2D eigenvalue weighted by atomic mass is 16.5. The standard InChI is InChI=1S/C14H23N3O/c1-10-4-5-13(7-16-10)14(6-15)17-8-11(2)18-12(3)9-17/h4-5,7,11-12,14H,6,8-9,15H2,1-3H3/t11-,12+,14?. The number of ether oxygens (including phenoxy) is 1. The third-order valence-electron chi connectivity index (χ3n) is 3.43. The van der Waals surface area contributed by atoms with E-state index in [9.17, 15) is 0 Å². The molecular weight excluding hydrogens is 226 g/mol. The van der Waals surface area contributed by atoms with Gasteiger partial charge in [0.1, 0.15) is 0 Å². The van der Waals surface area contributed by atoms with E-state index >= 15 is 0 Å². The van der Waals surface area contributed by atoms with Gasteiger partial charge in [-0.3, -0.25) is 9.88 Å². The molecule has 1 aromatic heterocycles. The van der Waals surface area contributed by atoms with Crippen LogP contribution in [0.1, 0.15) is 31.1 Å². The highest BCUT2D eigenvalue weighted by Crippen LogP contribution is 2.23. The van der Waals surface area contributed by atoms with Crippen LogP contribution < -0.4 is 5.73 Å². The van der Waals surface area contributed by atoms with Crippen LogP contribution in [0.25, 0.3) is 0 Å². The molecule has 0 aliphatic carbocycles. The van der Waals surface area contributed by atoms with Gasteiger partial charge >= 0.3 is 0 Å². The van der Waals surface area contributed by atoms with Gasteiger partial charge in [-0.15, -0.1) is 0 Å². The molecule has 4 nitrogen and oxygen atoms in total. The van der Waals surface area contributed by atoms with Crippen molar-refractivity contribution in [2.24, 2.45) is 5.73 Å². The van der Waals surface area contributed by atoms with Crippen LogP contribution in [-0.2, 0) is 4.74 Å². The first-order valence-electron chi connectivity index (χ1n) is 6.62. The van der Waals surface area contributed by atoms with Gasteiger partial charge in [-0.25, -0.2) is 0 Å². The summed E-state index contributed by atoms with van der Waals surface area (Å²) < 4.78 is 5.77. The Hall–Kier alpha value is -0.970. The highest BCUT2D eigenvalue weighted by Gasteiger charge is 2.28. The number of nitrogens with zero attached hydrogens (tertiary/aromatic N) is 2. The molecule has 2 rings (SSSR count). The first-order chi connectivity index (χ1) is 8.60. The summed E-state index contributed by atoms with van der Waals surface area (Å²) in [6, 6.07) is 4.42. The minimum Gasteiger partial charge on any atom is -0.373 e. The minimum absolute atomic E-state index is 0.242. The summed E-state index contributed by atoms with van der Waals surface area (Å²) in [5.74, 6) is 0. The van der Waals surface area contributed by atoms with Crippen molar-refractivity contribution < 1.29 is 4.74 Å². The van der Waals surface area contributed by atoms with Gasteiger partial charge in [0.05, 0.1) is 12.2 Å². The van der Waals surface area contributed by atoms with Crippen molar-refractivity contribution in [2.75, 3.05) is 19.6 Å². The summed E-state index contributed by atoms with van der Waals surface area (Å²) in [6.45, 7) is 8.71. The number of aryl methyl sites for hydroxylation is 1. The predicted molar refractivity (Wildman–Crippen MR) is 72.4 cm³/mol. The highest BCUT2D eigenvalue weighted by molar-refractivity contribution is 5.18. The Bertz CT molecular complexity index is 369. The molecule has 1 aromatic rings. The maximum absolute atomic E-state index is 5.95. The lowest BCUT2D eigenvalue weighted by Crippen LogP contribution is -2.48. The Kier molecular flexibility index (Phi) is 4.32. The number of hydrogen-bond acceptors (Lipinski definition) is 4. The molecule has 0 bridgehead atoms. The molecule has 4 heteroatoms. The molecule has 1 unspecified atom stereocenters.